The number of amides is 1. The van der Waals surface area contributed by atoms with Gasteiger partial charge in [0.1, 0.15) is 0 Å². The molecule has 10 heteroatoms. The number of rotatable bonds is 6. The lowest BCUT2D eigenvalue weighted by molar-refractivity contribution is -0.135. The van der Waals surface area contributed by atoms with Crippen LogP contribution in [0.4, 0.5) is 5.69 Å². The number of ether oxygens (including phenoxy) is 1. The summed E-state index contributed by atoms with van der Waals surface area (Å²) in [4.78, 5) is 29.9. The summed E-state index contributed by atoms with van der Waals surface area (Å²) in [5.41, 5.74) is 1.22. The van der Waals surface area contributed by atoms with Crippen molar-refractivity contribution in [2.24, 2.45) is 10.8 Å². The van der Waals surface area contributed by atoms with Gasteiger partial charge >= 0.3 is 5.97 Å². The average molecular weight is 574 g/mol. The van der Waals surface area contributed by atoms with Crippen molar-refractivity contribution >= 4 is 39.2 Å². The summed E-state index contributed by atoms with van der Waals surface area (Å²) in [6.45, 7) is 8.69. The summed E-state index contributed by atoms with van der Waals surface area (Å²) in [6.07, 6.45) is 2.94. The van der Waals surface area contributed by atoms with E-state index in [-0.39, 0.29) is 38.3 Å². The molecule has 2 unspecified atom stereocenters. The third-order valence-electron chi connectivity index (χ3n) is 8.22. The quantitative estimate of drug-likeness (QED) is 0.475. The summed E-state index contributed by atoms with van der Waals surface area (Å²) in [7, 11) is -3.85. The minimum absolute atomic E-state index is 0.0261. The van der Waals surface area contributed by atoms with E-state index in [1.54, 1.807) is 0 Å². The number of nitrogens with zero attached hydrogens (tertiary/aromatic N) is 3. The van der Waals surface area contributed by atoms with Gasteiger partial charge in [0, 0.05) is 44.5 Å². The number of piperazine rings is 1. The Labute approximate surface area is 235 Å². The minimum atomic E-state index is -3.85. The van der Waals surface area contributed by atoms with Crippen molar-refractivity contribution in [1.82, 2.24) is 9.21 Å². The molecule has 39 heavy (non-hydrogen) atoms. The van der Waals surface area contributed by atoms with Crippen LogP contribution in [-0.4, -0.2) is 74.9 Å². The SMILES string of the molecule is CC1(C)CC2CC(C)(CN2C(=O)COC(=O)c2cc(S(=O)(=O)N3CCN(c4ccccc4)CC3)ccc2Cl)C1. The molecule has 0 N–H and O–H groups in total. The molecule has 210 valence electrons. The van der Waals surface area contributed by atoms with Crippen molar-refractivity contribution in [1.29, 1.82) is 0 Å². The number of sulfonamides is 1. The highest BCUT2D eigenvalue weighted by Crippen LogP contribution is 2.52. The second-order valence-corrected chi connectivity index (χ2v) is 14.5. The molecule has 0 spiro atoms. The highest BCUT2D eigenvalue weighted by molar-refractivity contribution is 7.89. The van der Waals surface area contributed by atoms with Crippen LogP contribution in [0, 0.1) is 10.8 Å². The molecule has 2 aromatic carbocycles. The van der Waals surface area contributed by atoms with Crippen LogP contribution in [0.2, 0.25) is 5.02 Å². The molecule has 1 amide bonds. The van der Waals surface area contributed by atoms with E-state index in [1.165, 1.54) is 22.5 Å². The molecular formula is C29H36ClN3O5S. The molecule has 2 atom stereocenters. The van der Waals surface area contributed by atoms with E-state index in [1.807, 2.05) is 35.2 Å². The number of halogens is 1. The topological polar surface area (TPSA) is 87.2 Å². The second-order valence-electron chi connectivity index (χ2n) is 12.2. The molecule has 2 saturated heterocycles. The fourth-order valence-electron chi connectivity index (χ4n) is 6.84. The summed E-state index contributed by atoms with van der Waals surface area (Å²) in [5, 5.41) is 0.0755. The zero-order valence-electron chi connectivity index (χ0n) is 22.7. The zero-order chi connectivity index (χ0) is 28.0. The van der Waals surface area contributed by atoms with Crippen molar-refractivity contribution in [2.45, 2.75) is 51.0 Å². The molecule has 1 aliphatic carbocycles. The monoisotopic (exact) mass is 573 g/mol. The van der Waals surface area contributed by atoms with Gasteiger partial charge in [-0.1, -0.05) is 50.6 Å². The Hall–Kier alpha value is -2.62. The Bertz CT molecular complexity index is 1360. The molecule has 8 nitrogen and oxygen atoms in total. The standard InChI is InChI=1S/C29H36ClN3O5S/c1-28(2)16-22-17-29(3,19-28)20-33(22)26(34)18-38-27(35)24-15-23(9-10-25(24)30)39(36,37)32-13-11-31(12-14-32)21-7-5-4-6-8-21/h4-10,15,22H,11-14,16-20H2,1-3H3. The third-order valence-corrected chi connectivity index (χ3v) is 10.4. The Morgan fingerprint density at radius 3 is 2.38 bits per heavy atom. The number of fused-ring (bicyclic) bond motifs is 2. The normalized spacial score (nSPS) is 25.0. The van der Waals surface area contributed by atoms with Gasteiger partial charge in [-0.3, -0.25) is 4.79 Å². The van der Waals surface area contributed by atoms with Gasteiger partial charge in [-0.15, -0.1) is 0 Å². The minimum Gasteiger partial charge on any atom is -0.452 e. The largest absolute Gasteiger partial charge is 0.452 e. The van der Waals surface area contributed by atoms with Crippen LogP contribution in [0.5, 0.6) is 0 Å². The van der Waals surface area contributed by atoms with Crippen LogP contribution in [0.1, 0.15) is 50.4 Å². The Morgan fingerprint density at radius 2 is 1.69 bits per heavy atom. The predicted octanol–water partition coefficient (Wildman–Crippen LogP) is 4.43. The van der Waals surface area contributed by atoms with Crippen LogP contribution >= 0.6 is 11.6 Å². The molecule has 3 aliphatic rings. The first-order valence-corrected chi connectivity index (χ1v) is 15.3. The van der Waals surface area contributed by atoms with Gasteiger partial charge in [-0.05, 0) is 60.4 Å². The maximum atomic E-state index is 13.4. The van der Waals surface area contributed by atoms with Crippen molar-refractivity contribution in [3.05, 3.63) is 59.1 Å². The molecule has 2 aliphatic heterocycles. The molecule has 2 heterocycles. The van der Waals surface area contributed by atoms with E-state index in [0.717, 1.165) is 24.9 Å². The number of hydrogen-bond donors (Lipinski definition) is 0. The van der Waals surface area contributed by atoms with Gasteiger partial charge in [-0.2, -0.15) is 4.31 Å². The van der Waals surface area contributed by atoms with Crippen LogP contribution < -0.4 is 4.90 Å². The summed E-state index contributed by atoms with van der Waals surface area (Å²) in [5.74, 6) is -1.04. The molecule has 0 radical (unpaired) electrons. The van der Waals surface area contributed by atoms with Gasteiger partial charge < -0.3 is 14.5 Å². The van der Waals surface area contributed by atoms with Gasteiger partial charge in [0.2, 0.25) is 10.0 Å². The predicted molar refractivity (Wildman–Crippen MR) is 150 cm³/mol. The van der Waals surface area contributed by atoms with Crippen LogP contribution in [0.15, 0.2) is 53.4 Å². The number of anilines is 1. The molecule has 5 rings (SSSR count). The lowest BCUT2D eigenvalue weighted by Crippen LogP contribution is -2.48. The number of carbonyl (C=O) groups is 2. The number of esters is 1. The van der Waals surface area contributed by atoms with Gasteiger partial charge in [0.25, 0.3) is 5.91 Å². The lowest BCUT2D eigenvalue weighted by atomic mass is 9.65. The van der Waals surface area contributed by atoms with Crippen LogP contribution in [-0.2, 0) is 19.6 Å². The van der Waals surface area contributed by atoms with Gasteiger partial charge in [0.05, 0.1) is 15.5 Å². The number of likely N-dealkylation sites (tertiary alicyclic amines) is 1. The first kappa shape index (κ1) is 27.9. The van der Waals surface area contributed by atoms with Crippen LogP contribution in [0.25, 0.3) is 0 Å². The van der Waals surface area contributed by atoms with E-state index >= 15 is 0 Å². The third kappa shape index (κ3) is 5.81. The lowest BCUT2D eigenvalue weighted by Gasteiger charge is -2.39. The second kappa shape index (κ2) is 10.4. The van der Waals surface area contributed by atoms with E-state index < -0.39 is 22.6 Å². The number of benzene rings is 2. The van der Waals surface area contributed by atoms with Crippen LogP contribution in [0.3, 0.4) is 0 Å². The molecule has 2 aromatic rings. The Morgan fingerprint density at radius 1 is 1.00 bits per heavy atom. The van der Waals surface area contributed by atoms with Crippen molar-refractivity contribution in [3.63, 3.8) is 0 Å². The molecule has 1 saturated carbocycles. The van der Waals surface area contributed by atoms with Gasteiger partial charge in [-0.25, -0.2) is 13.2 Å². The van der Waals surface area contributed by atoms with Gasteiger partial charge in [0.15, 0.2) is 6.61 Å². The maximum Gasteiger partial charge on any atom is 0.340 e. The van der Waals surface area contributed by atoms with Crippen molar-refractivity contribution in [3.8, 4) is 0 Å². The molecule has 0 aromatic heterocycles. The molecule has 2 bridgehead atoms. The first-order chi connectivity index (χ1) is 18.4. The summed E-state index contributed by atoms with van der Waals surface area (Å²) >= 11 is 6.27. The molecule has 3 fully saturated rings. The van der Waals surface area contributed by atoms with E-state index in [4.69, 9.17) is 16.3 Å². The van der Waals surface area contributed by atoms with E-state index in [9.17, 15) is 18.0 Å². The molecular weight excluding hydrogens is 538 g/mol. The first-order valence-electron chi connectivity index (χ1n) is 13.4. The van der Waals surface area contributed by atoms with Crippen molar-refractivity contribution in [2.75, 3.05) is 44.2 Å². The number of hydrogen-bond acceptors (Lipinski definition) is 6. The highest BCUT2D eigenvalue weighted by Gasteiger charge is 2.51. The summed E-state index contributed by atoms with van der Waals surface area (Å²) < 4.78 is 33.6. The average Bonchev–Trinajstić information content (AvgIpc) is 3.16. The number of carbonyl (C=O) groups excluding carboxylic acids is 2. The number of para-hydroxylation sites is 1. The fraction of sp³-hybridized carbons (Fsp3) is 0.517. The Balaban J connectivity index is 1.23. The van der Waals surface area contributed by atoms with E-state index in [2.05, 4.69) is 25.7 Å². The smallest absolute Gasteiger partial charge is 0.340 e. The Kier molecular flexibility index (Phi) is 7.45. The maximum absolute atomic E-state index is 13.4. The highest BCUT2D eigenvalue weighted by atomic mass is 35.5. The van der Waals surface area contributed by atoms with Crippen molar-refractivity contribution < 1.29 is 22.7 Å². The van der Waals surface area contributed by atoms with E-state index in [0.29, 0.717) is 32.7 Å². The fourth-order valence-corrected chi connectivity index (χ4v) is 8.48. The summed E-state index contributed by atoms with van der Waals surface area (Å²) in [6, 6.07) is 14.0. The zero-order valence-corrected chi connectivity index (χ0v) is 24.3.